The number of ether oxygens (including phenoxy) is 1. The van der Waals surface area contributed by atoms with Gasteiger partial charge in [0.15, 0.2) is 0 Å². The summed E-state index contributed by atoms with van der Waals surface area (Å²) in [6.07, 6.45) is 0.443. The van der Waals surface area contributed by atoms with Crippen LogP contribution in [0.4, 0.5) is 0 Å². The Balaban J connectivity index is 2.21. The number of thioether (sulfide) groups is 1. The molecular formula is C10H12O2S. The lowest BCUT2D eigenvalue weighted by Crippen LogP contribution is -2.03. The third-order valence-corrected chi connectivity index (χ3v) is 2.83. The van der Waals surface area contributed by atoms with Crippen LogP contribution < -0.4 is 4.74 Å². The molecule has 2 nitrogen and oxygen atoms in total. The fourth-order valence-corrected chi connectivity index (χ4v) is 2.23. The normalized spacial score (nSPS) is 16.5. The summed E-state index contributed by atoms with van der Waals surface area (Å²) in [5.74, 6) is 1.69. The molecule has 0 fully saturated rings. The lowest BCUT2D eigenvalue weighted by molar-refractivity contribution is 0.195. The van der Waals surface area contributed by atoms with E-state index in [1.165, 1.54) is 10.5 Å². The summed E-state index contributed by atoms with van der Waals surface area (Å²) in [7, 11) is 0. The molecule has 0 saturated heterocycles. The number of aliphatic hydroxyl groups excluding tert-OH is 1. The molecule has 1 aliphatic rings. The fraction of sp³-hybridized carbons (Fsp3) is 0.400. The average molecular weight is 196 g/mol. The molecule has 0 aliphatic carbocycles. The van der Waals surface area contributed by atoms with Crippen molar-refractivity contribution in [1.29, 1.82) is 0 Å². The van der Waals surface area contributed by atoms with E-state index < -0.39 is 0 Å². The minimum absolute atomic E-state index is 0.273. The Bertz CT molecular complexity index is 310. The molecule has 0 spiro atoms. The van der Waals surface area contributed by atoms with Crippen LogP contribution in [0.3, 0.4) is 0 Å². The molecule has 0 amide bonds. The maximum atomic E-state index is 9.22. The number of rotatable bonds is 2. The van der Waals surface area contributed by atoms with Crippen LogP contribution in [-0.4, -0.2) is 17.1 Å². The van der Waals surface area contributed by atoms with Crippen LogP contribution >= 0.6 is 11.8 Å². The molecule has 1 aliphatic heterocycles. The summed E-state index contributed by atoms with van der Waals surface area (Å²) in [6.45, 7) is 1.80. The van der Waals surface area contributed by atoms with Gasteiger partial charge in [0, 0.05) is 0 Å². The zero-order valence-corrected chi connectivity index (χ0v) is 8.30. The van der Waals surface area contributed by atoms with Gasteiger partial charge in [0.05, 0.1) is 11.0 Å². The summed E-state index contributed by atoms with van der Waals surface area (Å²) in [4.78, 5) is 1.19. The number of aliphatic hydroxyl groups is 1. The largest absolute Gasteiger partial charge is 0.481 e. The van der Waals surface area contributed by atoms with Crippen molar-refractivity contribution in [2.45, 2.75) is 24.3 Å². The van der Waals surface area contributed by atoms with Crippen molar-refractivity contribution in [3.05, 3.63) is 23.8 Å². The molecule has 13 heavy (non-hydrogen) atoms. The van der Waals surface area contributed by atoms with E-state index in [4.69, 9.17) is 4.74 Å². The summed E-state index contributed by atoms with van der Waals surface area (Å²) in [6, 6.07) is 6.09. The molecule has 1 aromatic rings. The highest BCUT2D eigenvalue weighted by atomic mass is 32.2. The van der Waals surface area contributed by atoms with Crippen molar-refractivity contribution in [2.24, 2.45) is 0 Å². The number of benzene rings is 1. The van der Waals surface area contributed by atoms with Gasteiger partial charge in [-0.15, -0.1) is 0 Å². The summed E-state index contributed by atoms with van der Waals surface area (Å²) in [5, 5.41) is 9.22. The van der Waals surface area contributed by atoms with Crippen LogP contribution in [-0.2, 0) is 6.42 Å². The van der Waals surface area contributed by atoms with Crippen molar-refractivity contribution in [2.75, 3.05) is 5.94 Å². The third kappa shape index (κ3) is 1.98. The van der Waals surface area contributed by atoms with Crippen LogP contribution in [0, 0.1) is 0 Å². The SMILES string of the molecule is CC(O)Cc1ccc2c(c1)SCO2. The maximum absolute atomic E-state index is 9.22. The first kappa shape index (κ1) is 8.91. The zero-order chi connectivity index (χ0) is 9.26. The van der Waals surface area contributed by atoms with Gasteiger partial charge in [-0.3, -0.25) is 0 Å². The third-order valence-electron chi connectivity index (χ3n) is 1.97. The Morgan fingerprint density at radius 2 is 2.46 bits per heavy atom. The monoisotopic (exact) mass is 196 g/mol. The predicted molar refractivity (Wildman–Crippen MR) is 53.2 cm³/mol. The highest BCUT2D eigenvalue weighted by Gasteiger charge is 2.12. The van der Waals surface area contributed by atoms with Crippen LogP contribution in [0.5, 0.6) is 5.75 Å². The lowest BCUT2D eigenvalue weighted by Gasteiger charge is -2.05. The lowest BCUT2D eigenvalue weighted by atomic mass is 10.1. The molecular weight excluding hydrogens is 184 g/mol. The molecule has 1 N–H and O–H groups in total. The Labute approximate surface area is 81.9 Å². The van der Waals surface area contributed by atoms with Gasteiger partial charge in [-0.2, -0.15) is 0 Å². The minimum Gasteiger partial charge on any atom is -0.481 e. The second-order valence-corrected chi connectivity index (χ2v) is 4.20. The van der Waals surface area contributed by atoms with E-state index in [1.54, 1.807) is 18.7 Å². The molecule has 70 valence electrons. The number of hydrogen-bond acceptors (Lipinski definition) is 3. The van der Waals surface area contributed by atoms with Gasteiger partial charge in [-0.05, 0) is 31.0 Å². The van der Waals surface area contributed by atoms with Gasteiger partial charge in [-0.1, -0.05) is 17.8 Å². The molecule has 3 heteroatoms. The van der Waals surface area contributed by atoms with Crippen LogP contribution in [0.15, 0.2) is 23.1 Å². The van der Waals surface area contributed by atoms with Gasteiger partial charge in [-0.25, -0.2) is 0 Å². The molecule has 0 bridgehead atoms. The molecule has 0 saturated carbocycles. The van der Waals surface area contributed by atoms with Crippen molar-refractivity contribution in [1.82, 2.24) is 0 Å². The second kappa shape index (κ2) is 3.60. The zero-order valence-electron chi connectivity index (χ0n) is 7.49. The Hall–Kier alpha value is -0.670. The molecule has 0 radical (unpaired) electrons. The van der Waals surface area contributed by atoms with Crippen molar-refractivity contribution in [3.63, 3.8) is 0 Å². The Kier molecular flexibility index (Phi) is 2.47. The average Bonchev–Trinajstić information content (AvgIpc) is 2.49. The van der Waals surface area contributed by atoms with Crippen LogP contribution in [0.2, 0.25) is 0 Å². The van der Waals surface area contributed by atoms with Gasteiger partial charge >= 0.3 is 0 Å². The van der Waals surface area contributed by atoms with Gasteiger partial charge in [0.2, 0.25) is 0 Å². The maximum Gasteiger partial charge on any atom is 0.138 e. The van der Waals surface area contributed by atoms with Gasteiger partial charge in [0.25, 0.3) is 0 Å². The van der Waals surface area contributed by atoms with E-state index in [0.717, 1.165) is 5.75 Å². The van der Waals surface area contributed by atoms with Crippen molar-refractivity contribution < 1.29 is 9.84 Å². The number of hydrogen-bond donors (Lipinski definition) is 1. The van der Waals surface area contributed by atoms with Crippen molar-refractivity contribution >= 4 is 11.8 Å². The molecule has 1 heterocycles. The highest BCUT2D eigenvalue weighted by molar-refractivity contribution is 7.99. The van der Waals surface area contributed by atoms with E-state index >= 15 is 0 Å². The highest BCUT2D eigenvalue weighted by Crippen LogP contribution is 2.36. The Morgan fingerprint density at radius 1 is 1.62 bits per heavy atom. The molecule has 1 unspecified atom stereocenters. The summed E-state index contributed by atoms with van der Waals surface area (Å²) >= 11 is 1.71. The second-order valence-electron chi connectivity index (χ2n) is 3.24. The fourth-order valence-electron chi connectivity index (χ4n) is 1.41. The van der Waals surface area contributed by atoms with Crippen LogP contribution in [0.25, 0.3) is 0 Å². The topological polar surface area (TPSA) is 29.5 Å². The molecule has 1 aromatic carbocycles. The van der Waals surface area contributed by atoms with Gasteiger partial charge in [0.1, 0.15) is 11.7 Å². The molecule has 1 atom stereocenters. The van der Waals surface area contributed by atoms with Gasteiger partial charge < -0.3 is 9.84 Å². The van der Waals surface area contributed by atoms with E-state index in [9.17, 15) is 5.11 Å². The van der Waals surface area contributed by atoms with E-state index in [0.29, 0.717) is 12.4 Å². The first-order chi connectivity index (χ1) is 6.25. The summed E-state index contributed by atoms with van der Waals surface area (Å²) < 4.78 is 5.36. The first-order valence-corrected chi connectivity index (χ1v) is 5.31. The molecule has 0 aromatic heterocycles. The predicted octanol–water partition coefficient (Wildman–Crippen LogP) is 2.05. The van der Waals surface area contributed by atoms with E-state index in [-0.39, 0.29) is 6.10 Å². The van der Waals surface area contributed by atoms with Crippen LogP contribution in [0.1, 0.15) is 12.5 Å². The van der Waals surface area contributed by atoms with Crippen molar-refractivity contribution in [3.8, 4) is 5.75 Å². The minimum atomic E-state index is -0.273. The van der Waals surface area contributed by atoms with E-state index in [2.05, 4.69) is 6.07 Å². The summed E-state index contributed by atoms with van der Waals surface area (Å²) in [5.41, 5.74) is 1.17. The first-order valence-electron chi connectivity index (χ1n) is 4.32. The van der Waals surface area contributed by atoms with E-state index in [1.807, 2.05) is 12.1 Å². The number of fused-ring (bicyclic) bond motifs is 1. The quantitative estimate of drug-likeness (QED) is 0.785. The molecule has 2 rings (SSSR count). The smallest absolute Gasteiger partial charge is 0.138 e. The Morgan fingerprint density at radius 3 is 3.23 bits per heavy atom. The standard InChI is InChI=1S/C10H12O2S/c1-7(11)4-8-2-3-9-10(5-8)13-6-12-9/h2-3,5,7,11H,4,6H2,1H3.